The number of methoxy groups -OCH3 is 1. The zero-order valence-electron chi connectivity index (χ0n) is 23.1. The molecule has 0 aliphatic rings. The maximum absolute atomic E-state index is 12.9. The van der Waals surface area contributed by atoms with Crippen LogP contribution < -0.4 is 20.1 Å². The highest BCUT2D eigenvalue weighted by Crippen LogP contribution is 2.29. The van der Waals surface area contributed by atoms with Crippen molar-refractivity contribution in [2.45, 2.75) is 59.0 Å². The number of rotatable bonds is 13. The van der Waals surface area contributed by atoms with Gasteiger partial charge in [0, 0.05) is 17.6 Å². The quantitative estimate of drug-likeness (QED) is 0.123. The van der Waals surface area contributed by atoms with Gasteiger partial charge in [0.25, 0.3) is 16.0 Å². The smallest absolute Gasteiger partial charge is 0.261 e. The molecule has 0 aliphatic carbocycles. The highest BCUT2D eigenvalue weighted by atomic mass is 32.2. The van der Waals surface area contributed by atoms with Gasteiger partial charge in [-0.25, -0.2) is 0 Å². The van der Waals surface area contributed by atoms with Crippen LogP contribution in [0.15, 0.2) is 47.6 Å². The Morgan fingerprint density at radius 3 is 2.03 bits per heavy atom. The molecule has 0 aliphatic heterocycles. The molecule has 2 aromatic carbocycles. The molecular formula is C27H41N3O7S. The topological polar surface area (TPSA) is 141 Å². The lowest BCUT2D eigenvalue weighted by Crippen LogP contribution is -2.42. The predicted molar refractivity (Wildman–Crippen MR) is 150 cm³/mol. The van der Waals surface area contributed by atoms with Gasteiger partial charge in [0.2, 0.25) is 0 Å². The molecular weight excluding hydrogens is 510 g/mol. The van der Waals surface area contributed by atoms with E-state index in [0.717, 1.165) is 30.6 Å². The van der Waals surface area contributed by atoms with Crippen molar-refractivity contribution in [2.24, 2.45) is 10.9 Å². The fraction of sp³-hybridized carbons (Fsp3) is 0.481. The maximum Gasteiger partial charge on any atom is 0.261 e. The van der Waals surface area contributed by atoms with Crippen LogP contribution in [0.1, 0.15) is 62.9 Å². The minimum atomic E-state index is -3.67. The zero-order chi connectivity index (χ0) is 28.7. The summed E-state index contributed by atoms with van der Waals surface area (Å²) in [4.78, 5) is 14.8. The summed E-state index contributed by atoms with van der Waals surface area (Å²) in [6.45, 7) is 9.30. The summed E-state index contributed by atoms with van der Waals surface area (Å²) in [5, 5.41) is 3.50. The van der Waals surface area contributed by atoms with E-state index in [2.05, 4.69) is 5.10 Å². The molecule has 0 unspecified atom stereocenters. The van der Waals surface area contributed by atoms with Crippen molar-refractivity contribution in [3.8, 4) is 17.2 Å². The number of nitrogens with zero attached hydrogens (tertiary/aromatic N) is 2. The van der Waals surface area contributed by atoms with E-state index in [1.807, 2.05) is 62.9 Å². The Morgan fingerprint density at radius 1 is 0.974 bits per heavy atom. The standard InChI is InChI=1S/C26H37N3O4.CH4O3S/c1-19(2)29(20(3)4)26(30)22-11-14-24(25(17-22)31-5)33-16-8-6-7-15-32-23-12-9-21(10-13-23)18-28-27;1-5(2,3)4/h9-14,17-20H,6-8,15-16,27H2,1-5H3;1H3,(H,2,3,4). The normalized spacial score (nSPS) is 11.3. The third-order valence-electron chi connectivity index (χ3n) is 5.18. The molecule has 1 amide bonds. The predicted octanol–water partition coefficient (Wildman–Crippen LogP) is 4.38. The lowest BCUT2D eigenvalue weighted by molar-refractivity contribution is 0.0643. The van der Waals surface area contributed by atoms with E-state index < -0.39 is 10.1 Å². The van der Waals surface area contributed by atoms with Crippen LogP contribution in [0, 0.1) is 0 Å². The summed E-state index contributed by atoms with van der Waals surface area (Å²) >= 11 is 0. The molecule has 212 valence electrons. The molecule has 0 heterocycles. The Hall–Kier alpha value is -3.31. The first kappa shape index (κ1) is 32.7. The van der Waals surface area contributed by atoms with Crippen LogP contribution in [-0.2, 0) is 10.1 Å². The molecule has 3 N–H and O–H groups in total. The van der Waals surface area contributed by atoms with Gasteiger partial charge in [-0.2, -0.15) is 13.5 Å². The van der Waals surface area contributed by atoms with Crippen molar-refractivity contribution in [3.05, 3.63) is 53.6 Å². The van der Waals surface area contributed by atoms with Crippen molar-refractivity contribution in [3.63, 3.8) is 0 Å². The van der Waals surface area contributed by atoms with Crippen molar-refractivity contribution in [1.82, 2.24) is 4.90 Å². The third kappa shape index (κ3) is 12.8. The SMILES string of the molecule is COc1cc(C(=O)N(C(C)C)C(C)C)ccc1OCCCCCOc1ccc(C=NN)cc1.CS(=O)(=O)O. The first-order valence-corrected chi connectivity index (χ1v) is 14.2. The fourth-order valence-corrected chi connectivity index (χ4v) is 3.62. The van der Waals surface area contributed by atoms with Crippen LogP contribution in [0.2, 0.25) is 0 Å². The van der Waals surface area contributed by atoms with Crippen LogP contribution >= 0.6 is 0 Å². The van der Waals surface area contributed by atoms with Gasteiger partial charge in [0.05, 0.1) is 32.8 Å². The number of ether oxygens (including phenoxy) is 3. The minimum absolute atomic E-state index is 0.00741. The highest BCUT2D eigenvalue weighted by Gasteiger charge is 2.22. The van der Waals surface area contributed by atoms with Crippen molar-refractivity contribution in [2.75, 3.05) is 26.6 Å². The van der Waals surface area contributed by atoms with Crippen LogP contribution in [0.25, 0.3) is 0 Å². The van der Waals surface area contributed by atoms with Gasteiger partial charge in [0.1, 0.15) is 5.75 Å². The van der Waals surface area contributed by atoms with E-state index in [1.165, 1.54) is 0 Å². The van der Waals surface area contributed by atoms with Gasteiger partial charge < -0.3 is 25.0 Å². The molecule has 2 aromatic rings. The van der Waals surface area contributed by atoms with Crippen LogP contribution in [0.5, 0.6) is 17.2 Å². The van der Waals surface area contributed by atoms with E-state index in [4.69, 9.17) is 24.6 Å². The molecule has 11 heteroatoms. The van der Waals surface area contributed by atoms with Gasteiger partial charge in [0.15, 0.2) is 11.5 Å². The lowest BCUT2D eigenvalue weighted by atomic mass is 10.1. The average molecular weight is 552 g/mol. The number of hydrogen-bond donors (Lipinski definition) is 2. The number of unbranched alkanes of at least 4 members (excludes halogenated alkanes) is 2. The number of carbonyl (C=O) groups is 1. The molecule has 0 atom stereocenters. The highest BCUT2D eigenvalue weighted by molar-refractivity contribution is 7.85. The number of carbonyl (C=O) groups excluding carboxylic acids is 1. The largest absolute Gasteiger partial charge is 0.494 e. The van der Waals surface area contributed by atoms with Crippen LogP contribution in [0.4, 0.5) is 0 Å². The van der Waals surface area contributed by atoms with Gasteiger partial charge in [-0.15, -0.1) is 0 Å². The van der Waals surface area contributed by atoms with E-state index in [9.17, 15) is 13.2 Å². The zero-order valence-corrected chi connectivity index (χ0v) is 23.9. The second-order valence-electron chi connectivity index (χ2n) is 9.10. The average Bonchev–Trinajstić information content (AvgIpc) is 2.83. The summed E-state index contributed by atoms with van der Waals surface area (Å²) < 4.78 is 43.0. The molecule has 2 rings (SSSR count). The Balaban J connectivity index is 0.00000132. The van der Waals surface area contributed by atoms with Crippen molar-refractivity contribution < 1.29 is 32.0 Å². The second-order valence-corrected chi connectivity index (χ2v) is 10.6. The summed E-state index contributed by atoms with van der Waals surface area (Å²) in [6, 6.07) is 13.2. The summed E-state index contributed by atoms with van der Waals surface area (Å²) in [5.74, 6) is 7.18. The number of benzene rings is 2. The monoisotopic (exact) mass is 551 g/mol. The third-order valence-corrected chi connectivity index (χ3v) is 5.18. The van der Waals surface area contributed by atoms with Crippen LogP contribution in [0.3, 0.4) is 0 Å². The van der Waals surface area contributed by atoms with E-state index in [1.54, 1.807) is 25.5 Å². The van der Waals surface area contributed by atoms with Crippen LogP contribution in [-0.4, -0.2) is 68.7 Å². The molecule has 0 saturated carbocycles. The molecule has 0 bridgehead atoms. The lowest BCUT2D eigenvalue weighted by Gasteiger charge is -2.31. The summed E-state index contributed by atoms with van der Waals surface area (Å²) in [6.07, 6.45) is 5.12. The van der Waals surface area contributed by atoms with Crippen molar-refractivity contribution >= 4 is 22.2 Å². The summed E-state index contributed by atoms with van der Waals surface area (Å²) in [5.41, 5.74) is 1.54. The number of amides is 1. The van der Waals surface area contributed by atoms with Gasteiger partial charge >= 0.3 is 0 Å². The van der Waals surface area contributed by atoms with Gasteiger partial charge in [-0.3, -0.25) is 9.35 Å². The molecule has 38 heavy (non-hydrogen) atoms. The Kier molecular flexibility index (Phi) is 14.2. The Morgan fingerprint density at radius 2 is 1.53 bits per heavy atom. The van der Waals surface area contributed by atoms with Crippen molar-refractivity contribution in [1.29, 1.82) is 0 Å². The first-order chi connectivity index (χ1) is 17.9. The van der Waals surface area contributed by atoms with Gasteiger partial charge in [-0.1, -0.05) is 0 Å². The molecule has 10 nitrogen and oxygen atoms in total. The van der Waals surface area contributed by atoms with E-state index >= 15 is 0 Å². The first-order valence-electron chi connectivity index (χ1n) is 12.4. The summed E-state index contributed by atoms with van der Waals surface area (Å²) in [7, 11) is -2.08. The van der Waals surface area contributed by atoms with Gasteiger partial charge in [-0.05, 0) is 95.0 Å². The Bertz CT molecular complexity index is 1100. The Labute approximate surface area is 226 Å². The fourth-order valence-electron chi connectivity index (χ4n) is 3.62. The number of hydrogen-bond acceptors (Lipinski definition) is 8. The molecule has 0 saturated heterocycles. The van der Waals surface area contributed by atoms with E-state index in [0.29, 0.717) is 36.5 Å². The number of hydrazone groups is 1. The second kappa shape index (κ2) is 16.5. The molecule has 0 aromatic heterocycles. The number of nitrogens with two attached hydrogens (primary N) is 1. The molecule has 0 spiro atoms. The minimum Gasteiger partial charge on any atom is -0.494 e. The van der Waals surface area contributed by atoms with E-state index in [-0.39, 0.29) is 18.0 Å². The molecule has 0 fully saturated rings. The maximum atomic E-state index is 12.9. The molecule has 0 radical (unpaired) electrons.